The van der Waals surface area contributed by atoms with Crippen LogP contribution in [0, 0.1) is 11.3 Å². The van der Waals surface area contributed by atoms with Gasteiger partial charge in [0.25, 0.3) is 0 Å². The summed E-state index contributed by atoms with van der Waals surface area (Å²) in [5.41, 5.74) is 2.81. The van der Waals surface area contributed by atoms with Crippen molar-refractivity contribution in [2.75, 3.05) is 18.5 Å². The van der Waals surface area contributed by atoms with Gasteiger partial charge >= 0.3 is 0 Å². The Labute approximate surface area is 191 Å². The van der Waals surface area contributed by atoms with Crippen LogP contribution in [-0.4, -0.2) is 49.9 Å². The summed E-state index contributed by atoms with van der Waals surface area (Å²) in [5, 5.41) is 21.3. The maximum Gasteiger partial charge on any atom is 0.170 e. The second kappa shape index (κ2) is 9.36. The maximum absolute atomic E-state index is 9.01. The van der Waals surface area contributed by atoms with Crippen molar-refractivity contribution in [1.82, 2.24) is 24.9 Å². The molecule has 10 heteroatoms. The third-order valence-corrected chi connectivity index (χ3v) is 4.77. The fourth-order valence-electron chi connectivity index (χ4n) is 3.31. The summed E-state index contributed by atoms with van der Waals surface area (Å²) in [5.74, 6) is 0.943. The molecule has 10 nitrogen and oxygen atoms in total. The van der Waals surface area contributed by atoms with Crippen LogP contribution in [0.2, 0.25) is 0 Å². The number of aromatic nitrogens is 5. The van der Waals surface area contributed by atoms with Gasteiger partial charge in [-0.15, -0.1) is 0 Å². The highest BCUT2D eigenvalue weighted by molar-refractivity contribution is 5.79. The predicted molar refractivity (Wildman–Crippen MR) is 122 cm³/mol. The van der Waals surface area contributed by atoms with E-state index in [0.29, 0.717) is 22.8 Å². The number of fused-ring (bicyclic) bond motifs is 1. The summed E-state index contributed by atoms with van der Waals surface area (Å²) in [4.78, 5) is 8.85. The fourth-order valence-corrected chi connectivity index (χ4v) is 3.31. The molecule has 0 aromatic carbocycles. The minimum absolute atomic E-state index is 0.220. The van der Waals surface area contributed by atoms with Crippen LogP contribution < -0.4 is 5.32 Å². The van der Waals surface area contributed by atoms with Crippen LogP contribution in [0.15, 0.2) is 47.5 Å². The van der Waals surface area contributed by atoms with Crippen LogP contribution in [0.3, 0.4) is 0 Å². The van der Waals surface area contributed by atoms with E-state index in [4.69, 9.17) is 19.3 Å². The van der Waals surface area contributed by atoms with Crippen molar-refractivity contribution in [1.29, 1.82) is 5.26 Å². The van der Waals surface area contributed by atoms with E-state index < -0.39 is 0 Å². The lowest BCUT2D eigenvalue weighted by Gasteiger charge is -2.14. The number of nitrogens with one attached hydrogen (secondary N) is 1. The number of pyridine rings is 2. The summed E-state index contributed by atoms with van der Waals surface area (Å²) >= 11 is 0. The van der Waals surface area contributed by atoms with E-state index >= 15 is 0 Å². The Balaban J connectivity index is 0.000000318. The van der Waals surface area contributed by atoms with Crippen LogP contribution in [0.4, 0.5) is 5.69 Å². The van der Waals surface area contributed by atoms with Crippen LogP contribution in [0.25, 0.3) is 28.2 Å². The van der Waals surface area contributed by atoms with E-state index in [1.165, 1.54) is 6.20 Å². The maximum atomic E-state index is 9.01. The first-order valence-corrected chi connectivity index (χ1v) is 10.6. The number of nitriles is 1. The van der Waals surface area contributed by atoms with Crippen LogP contribution in [-0.2, 0) is 9.47 Å². The quantitative estimate of drug-likeness (QED) is 0.495. The lowest BCUT2D eigenvalue weighted by atomic mass is 10.1. The molecule has 33 heavy (non-hydrogen) atoms. The minimum Gasteiger partial charge on any atom is -0.382 e. The summed E-state index contributed by atoms with van der Waals surface area (Å²) < 4.78 is 17.2. The Bertz CT molecular complexity index is 1270. The molecule has 1 N–H and O–H groups in total. The average Bonchev–Trinajstić information content (AvgIpc) is 3.54. The molecule has 1 aliphatic rings. The molecule has 0 radical (unpaired) electrons. The molecule has 0 aliphatic carbocycles. The first-order chi connectivity index (χ1) is 15.9. The standard InChI is InChI=1S/C18H15N7O.C5H10O2/c1-11(2)24-15-6-17(20-10-14(15)16-3-4-23-26-16)25-18-13(9-22-25)5-12(7-19)8-21-18;1-5(2)6-3-4-7-5/h3-6,8-11H,1-2H3,(H,20,24);3-4H2,1-2H3. The Kier molecular flexibility index (Phi) is 6.35. The molecule has 0 bridgehead atoms. The number of rotatable bonds is 4. The van der Waals surface area contributed by atoms with E-state index in [-0.39, 0.29) is 11.8 Å². The zero-order valence-electron chi connectivity index (χ0n) is 18.9. The lowest BCUT2D eigenvalue weighted by molar-refractivity contribution is -0.125. The molecule has 170 valence electrons. The van der Waals surface area contributed by atoms with Crippen molar-refractivity contribution in [2.45, 2.75) is 39.5 Å². The molecule has 0 unspecified atom stereocenters. The highest BCUT2D eigenvalue weighted by Crippen LogP contribution is 2.29. The molecule has 4 aromatic heterocycles. The Morgan fingerprint density at radius 3 is 2.52 bits per heavy atom. The molecule has 0 spiro atoms. The number of hydrogen-bond acceptors (Lipinski definition) is 9. The summed E-state index contributed by atoms with van der Waals surface area (Å²) in [7, 11) is 0. The van der Waals surface area contributed by atoms with Gasteiger partial charge in [0.05, 0.1) is 42.4 Å². The van der Waals surface area contributed by atoms with Gasteiger partial charge in [-0.2, -0.15) is 15.0 Å². The van der Waals surface area contributed by atoms with Crippen molar-refractivity contribution >= 4 is 16.7 Å². The third kappa shape index (κ3) is 5.16. The molecule has 5 rings (SSSR count). The normalized spacial score (nSPS) is 14.7. The third-order valence-electron chi connectivity index (χ3n) is 4.77. The highest BCUT2D eigenvalue weighted by Gasteiger charge is 2.23. The number of anilines is 1. The van der Waals surface area contributed by atoms with E-state index in [1.807, 2.05) is 19.9 Å². The van der Waals surface area contributed by atoms with Crippen LogP contribution >= 0.6 is 0 Å². The fraction of sp³-hybridized carbons (Fsp3) is 0.348. The smallest absolute Gasteiger partial charge is 0.170 e. The topological polar surface area (TPSA) is 124 Å². The SMILES string of the molecule is CC(C)Nc1cc(-n2ncc3cc(C#N)cnc32)ncc1-c1ccno1.CC1(C)OCCO1. The van der Waals surface area contributed by atoms with Gasteiger partial charge in [-0.1, -0.05) is 5.16 Å². The van der Waals surface area contributed by atoms with E-state index in [9.17, 15) is 0 Å². The van der Waals surface area contributed by atoms with Crippen molar-refractivity contribution < 1.29 is 14.0 Å². The van der Waals surface area contributed by atoms with E-state index in [1.54, 1.807) is 35.4 Å². The number of hydrogen-bond donors (Lipinski definition) is 1. The number of ether oxygens (including phenoxy) is 2. The largest absolute Gasteiger partial charge is 0.382 e. The van der Waals surface area contributed by atoms with Gasteiger partial charge < -0.3 is 19.3 Å². The highest BCUT2D eigenvalue weighted by atomic mass is 16.7. The van der Waals surface area contributed by atoms with Crippen LogP contribution in [0.5, 0.6) is 0 Å². The molecular formula is C23H25N7O3. The molecule has 0 amide bonds. The predicted octanol–water partition coefficient (Wildman–Crippen LogP) is 3.93. The molecule has 1 aliphatic heterocycles. The Hall–Kier alpha value is -3.81. The number of nitrogens with zero attached hydrogens (tertiary/aromatic N) is 6. The van der Waals surface area contributed by atoms with Gasteiger partial charge in [0.15, 0.2) is 23.0 Å². The molecule has 4 aromatic rings. The second-order valence-electron chi connectivity index (χ2n) is 8.17. The van der Waals surface area contributed by atoms with Gasteiger partial charge in [0, 0.05) is 36.0 Å². The van der Waals surface area contributed by atoms with Crippen molar-refractivity contribution in [3.63, 3.8) is 0 Å². The molecule has 1 saturated heterocycles. The average molecular weight is 447 g/mol. The molecule has 0 saturated carbocycles. The minimum atomic E-state index is -0.306. The first-order valence-electron chi connectivity index (χ1n) is 10.6. The van der Waals surface area contributed by atoms with E-state index in [2.05, 4.69) is 45.5 Å². The second-order valence-corrected chi connectivity index (χ2v) is 8.17. The summed E-state index contributed by atoms with van der Waals surface area (Å²) in [6.45, 7) is 9.43. The Morgan fingerprint density at radius 1 is 1.12 bits per heavy atom. The summed E-state index contributed by atoms with van der Waals surface area (Å²) in [6.07, 6.45) is 6.51. The zero-order valence-corrected chi connectivity index (χ0v) is 18.9. The van der Waals surface area contributed by atoms with Crippen molar-refractivity contribution in [3.8, 4) is 23.2 Å². The zero-order chi connectivity index (χ0) is 23.4. The van der Waals surface area contributed by atoms with Gasteiger partial charge in [0.2, 0.25) is 0 Å². The molecule has 0 atom stereocenters. The first kappa shape index (κ1) is 22.4. The molecular weight excluding hydrogens is 422 g/mol. The summed E-state index contributed by atoms with van der Waals surface area (Å²) in [6, 6.07) is 7.73. The van der Waals surface area contributed by atoms with Gasteiger partial charge in [0.1, 0.15) is 6.07 Å². The molecule has 1 fully saturated rings. The van der Waals surface area contributed by atoms with E-state index in [0.717, 1.165) is 29.9 Å². The van der Waals surface area contributed by atoms with Crippen LogP contribution in [0.1, 0.15) is 33.3 Å². The Morgan fingerprint density at radius 2 is 1.91 bits per heavy atom. The van der Waals surface area contributed by atoms with Gasteiger partial charge in [-0.3, -0.25) is 0 Å². The lowest BCUT2D eigenvalue weighted by Crippen LogP contribution is -2.18. The van der Waals surface area contributed by atoms with Gasteiger partial charge in [-0.05, 0) is 33.8 Å². The van der Waals surface area contributed by atoms with Gasteiger partial charge in [-0.25, -0.2) is 9.97 Å². The van der Waals surface area contributed by atoms with Crippen molar-refractivity contribution in [3.05, 3.63) is 48.5 Å². The monoisotopic (exact) mass is 447 g/mol. The van der Waals surface area contributed by atoms with Crippen molar-refractivity contribution in [2.24, 2.45) is 0 Å². The molecule has 5 heterocycles.